The minimum absolute atomic E-state index is 0.158. The standard InChI is InChI=1S/C33H29ClN4O2S/c1-20-8-4-5-10-30(20)40-25-14-12-24(13-15-25)38-32(31(36-33(38)41)27-9-6-7-17-35-27)26-18-21(2)37(22(26)3)28-19-23(34)11-16-29(28)39/h4-19,31-32,39H,1-3H3,(H,36,41). The molecule has 6 rings (SSSR count). The first-order valence-electron chi connectivity index (χ1n) is 13.3. The van der Waals surface area contributed by atoms with Gasteiger partial charge in [-0.15, -0.1) is 0 Å². The molecule has 0 bridgehead atoms. The third-order valence-electron chi connectivity index (χ3n) is 7.50. The fourth-order valence-corrected chi connectivity index (χ4v) is 6.07. The molecule has 2 atom stereocenters. The number of nitrogens with one attached hydrogen (secondary N) is 1. The highest BCUT2D eigenvalue weighted by Gasteiger charge is 2.42. The van der Waals surface area contributed by atoms with E-state index in [1.54, 1.807) is 24.4 Å². The largest absolute Gasteiger partial charge is 0.506 e. The molecule has 5 aromatic rings. The summed E-state index contributed by atoms with van der Waals surface area (Å²) in [5.41, 5.74) is 6.52. The van der Waals surface area contributed by atoms with Gasteiger partial charge in [-0.3, -0.25) is 4.98 Å². The lowest BCUT2D eigenvalue weighted by Gasteiger charge is -2.28. The molecular formula is C33H29ClN4O2S. The molecule has 0 amide bonds. The lowest BCUT2D eigenvalue weighted by Crippen LogP contribution is -2.29. The summed E-state index contributed by atoms with van der Waals surface area (Å²) in [5, 5.41) is 15.4. The van der Waals surface area contributed by atoms with Crippen molar-refractivity contribution in [3.63, 3.8) is 0 Å². The van der Waals surface area contributed by atoms with Crippen molar-refractivity contribution in [2.45, 2.75) is 32.9 Å². The average molecular weight is 581 g/mol. The summed E-state index contributed by atoms with van der Waals surface area (Å²) < 4.78 is 8.18. The lowest BCUT2D eigenvalue weighted by molar-refractivity contribution is 0.471. The minimum atomic E-state index is -0.207. The molecular weight excluding hydrogens is 552 g/mol. The minimum Gasteiger partial charge on any atom is -0.506 e. The van der Waals surface area contributed by atoms with Crippen LogP contribution in [0.3, 0.4) is 0 Å². The summed E-state index contributed by atoms with van der Waals surface area (Å²) >= 11 is 12.3. The zero-order valence-corrected chi connectivity index (χ0v) is 24.4. The molecule has 0 spiro atoms. The lowest BCUT2D eigenvalue weighted by atomic mass is 9.96. The van der Waals surface area contributed by atoms with Crippen molar-refractivity contribution in [2.24, 2.45) is 0 Å². The number of hydrogen-bond acceptors (Lipinski definition) is 4. The highest BCUT2D eigenvalue weighted by atomic mass is 35.5. The smallest absolute Gasteiger partial charge is 0.174 e. The van der Waals surface area contributed by atoms with Crippen molar-refractivity contribution in [3.05, 3.63) is 130 Å². The topological polar surface area (TPSA) is 62.5 Å². The van der Waals surface area contributed by atoms with Crippen molar-refractivity contribution >= 4 is 34.6 Å². The summed E-state index contributed by atoms with van der Waals surface area (Å²) in [6.07, 6.45) is 1.80. The first-order valence-corrected chi connectivity index (χ1v) is 14.1. The van der Waals surface area contributed by atoms with E-state index in [1.165, 1.54) is 0 Å². The van der Waals surface area contributed by atoms with Gasteiger partial charge < -0.3 is 24.6 Å². The van der Waals surface area contributed by atoms with E-state index in [9.17, 15) is 5.11 Å². The van der Waals surface area contributed by atoms with Gasteiger partial charge in [0.25, 0.3) is 0 Å². The number of ether oxygens (including phenoxy) is 1. The number of hydrogen-bond donors (Lipinski definition) is 2. The van der Waals surface area contributed by atoms with Gasteiger partial charge in [0.15, 0.2) is 5.11 Å². The molecule has 1 aliphatic heterocycles. The van der Waals surface area contributed by atoms with Crippen LogP contribution in [-0.4, -0.2) is 19.8 Å². The van der Waals surface area contributed by atoms with E-state index in [0.717, 1.165) is 45.4 Å². The highest BCUT2D eigenvalue weighted by molar-refractivity contribution is 7.80. The van der Waals surface area contributed by atoms with E-state index in [2.05, 4.69) is 28.2 Å². The molecule has 2 N–H and O–H groups in total. The van der Waals surface area contributed by atoms with Crippen LogP contribution in [0.1, 0.15) is 40.3 Å². The third kappa shape index (κ3) is 5.03. The Morgan fingerprint density at radius 3 is 2.41 bits per heavy atom. The van der Waals surface area contributed by atoms with E-state index in [4.69, 9.17) is 28.6 Å². The first-order chi connectivity index (χ1) is 19.8. The Morgan fingerprint density at radius 1 is 0.927 bits per heavy atom. The molecule has 3 heterocycles. The monoisotopic (exact) mass is 580 g/mol. The van der Waals surface area contributed by atoms with E-state index < -0.39 is 0 Å². The first kappa shape index (κ1) is 26.9. The Morgan fingerprint density at radius 2 is 1.68 bits per heavy atom. The zero-order chi connectivity index (χ0) is 28.7. The van der Waals surface area contributed by atoms with Gasteiger partial charge >= 0.3 is 0 Å². The molecule has 3 aromatic carbocycles. The highest BCUT2D eigenvalue weighted by Crippen LogP contribution is 2.44. The van der Waals surface area contributed by atoms with Crippen molar-refractivity contribution in [2.75, 3.05) is 4.90 Å². The fourth-order valence-electron chi connectivity index (χ4n) is 5.56. The fraction of sp³-hybridized carbons (Fsp3) is 0.152. The zero-order valence-electron chi connectivity index (χ0n) is 22.9. The molecule has 0 aliphatic carbocycles. The maximum Gasteiger partial charge on any atom is 0.174 e. The molecule has 8 heteroatoms. The number of rotatable bonds is 6. The van der Waals surface area contributed by atoms with Gasteiger partial charge in [0.05, 0.1) is 23.5 Å². The number of aromatic hydroxyl groups is 1. The predicted molar refractivity (Wildman–Crippen MR) is 168 cm³/mol. The number of para-hydroxylation sites is 1. The van der Waals surface area contributed by atoms with Crippen LogP contribution in [0.15, 0.2) is 97.2 Å². The molecule has 1 saturated heterocycles. The van der Waals surface area contributed by atoms with Crippen LogP contribution >= 0.6 is 23.8 Å². The number of pyridine rings is 1. The molecule has 41 heavy (non-hydrogen) atoms. The summed E-state index contributed by atoms with van der Waals surface area (Å²) in [6, 6.07) is 28.6. The van der Waals surface area contributed by atoms with E-state index in [0.29, 0.717) is 15.8 Å². The van der Waals surface area contributed by atoms with Crippen LogP contribution in [0.2, 0.25) is 5.02 Å². The van der Waals surface area contributed by atoms with E-state index in [-0.39, 0.29) is 17.8 Å². The molecule has 2 aromatic heterocycles. The van der Waals surface area contributed by atoms with Gasteiger partial charge in [-0.25, -0.2) is 0 Å². The van der Waals surface area contributed by atoms with Gasteiger partial charge in [0, 0.05) is 28.3 Å². The molecule has 206 valence electrons. The molecule has 6 nitrogen and oxygen atoms in total. The molecule has 2 unspecified atom stereocenters. The number of thiocarbonyl (C=S) groups is 1. The molecule has 0 saturated carbocycles. The van der Waals surface area contributed by atoms with Crippen LogP contribution in [-0.2, 0) is 0 Å². The summed E-state index contributed by atoms with van der Waals surface area (Å²) in [6.45, 7) is 6.10. The van der Waals surface area contributed by atoms with Crippen LogP contribution in [0.4, 0.5) is 5.69 Å². The van der Waals surface area contributed by atoms with Crippen molar-refractivity contribution in [3.8, 4) is 22.9 Å². The number of halogens is 1. The van der Waals surface area contributed by atoms with Crippen molar-refractivity contribution in [1.82, 2.24) is 14.9 Å². The van der Waals surface area contributed by atoms with E-state index >= 15 is 0 Å². The maximum atomic E-state index is 10.7. The van der Waals surface area contributed by atoms with Gasteiger partial charge in [0.1, 0.15) is 17.2 Å². The number of phenolic OH excluding ortho intramolecular Hbond substituents is 1. The second-order valence-corrected chi connectivity index (χ2v) is 11.0. The second-order valence-electron chi connectivity index (χ2n) is 10.2. The Hall–Kier alpha value is -4.33. The number of phenols is 1. The summed E-state index contributed by atoms with van der Waals surface area (Å²) in [4.78, 5) is 6.81. The molecule has 1 aliphatic rings. The van der Waals surface area contributed by atoms with Gasteiger partial charge in [-0.1, -0.05) is 35.9 Å². The van der Waals surface area contributed by atoms with Gasteiger partial charge in [0.2, 0.25) is 0 Å². The quantitative estimate of drug-likeness (QED) is 0.198. The van der Waals surface area contributed by atoms with Crippen LogP contribution in [0, 0.1) is 20.8 Å². The Kier molecular flexibility index (Phi) is 7.15. The molecule has 0 radical (unpaired) electrons. The predicted octanol–water partition coefficient (Wildman–Crippen LogP) is 8.13. The number of aryl methyl sites for hydroxylation is 2. The van der Waals surface area contributed by atoms with E-state index in [1.807, 2.05) is 85.1 Å². The normalized spacial score (nSPS) is 16.6. The SMILES string of the molecule is Cc1ccccc1Oc1ccc(N2C(=S)NC(c3ccccn3)C2c2cc(C)n(-c3cc(Cl)ccc3O)c2C)cc1. The number of aromatic nitrogens is 2. The maximum absolute atomic E-state index is 10.7. The van der Waals surface area contributed by atoms with Crippen LogP contribution < -0.4 is 15.0 Å². The van der Waals surface area contributed by atoms with Crippen molar-refractivity contribution in [1.29, 1.82) is 0 Å². The summed E-state index contributed by atoms with van der Waals surface area (Å²) in [7, 11) is 0. The van der Waals surface area contributed by atoms with Crippen molar-refractivity contribution < 1.29 is 9.84 Å². The van der Waals surface area contributed by atoms with Crippen LogP contribution in [0.5, 0.6) is 17.2 Å². The number of anilines is 1. The Balaban J connectivity index is 1.43. The Bertz CT molecular complexity index is 1740. The second kappa shape index (κ2) is 10.9. The molecule has 1 fully saturated rings. The number of benzene rings is 3. The number of nitrogens with zero attached hydrogens (tertiary/aromatic N) is 3. The average Bonchev–Trinajstić information content (AvgIpc) is 3.47. The third-order valence-corrected chi connectivity index (χ3v) is 8.05. The Labute approximate surface area is 249 Å². The van der Waals surface area contributed by atoms with Gasteiger partial charge in [-0.2, -0.15) is 0 Å². The summed E-state index contributed by atoms with van der Waals surface area (Å²) in [5.74, 6) is 1.72. The van der Waals surface area contributed by atoms with Gasteiger partial charge in [-0.05, 0) is 111 Å². The van der Waals surface area contributed by atoms with Crippen LogP contribution in [0.25, 0.3) is 5.69 Å².